The number of nitrogens with one attached hydrogen (secondary N) is 2. The van der Waals surface area contributed by atoms with Crippen LogP contribution in [0.1, 0.15) is 15.9 Å². The molecule has 1 heterocycles. The molecule has 0 radical (unpaired) electrons. The zero-order valence-electron chi connectivity index (χ0n) is 12.7. The molecule has 0 saturated heterocycles. The Bertz CT molecular complexity index is 985. The van der Waals surface area contributed by atoms with E-state index in [1.165, 1.54) is 0 Å². The Kier molecular flexibility index (Phi) is 3.25. The summed E-state index contributed by atoms with van der Waals surface area (Å²) in [5.74, 6) is -0.131. The van der Waals surface area contributed by atoms with Crippen LogP contribution >= 0.6 is 0 Å². The van der Waals surface area contributed by atoms with E-state index in [1.807, 2.05) is 54.6 Å². The van der Waals surface area contributed by atoms with Crippen LogP contribution in [0.2, 0.25) is 0 Å². The molecule has 1 aliphatic heterocycles. The fourth-order valence-electron chi connectivity index (χ4n) is 2.80. The van der Waals surface area contributed by atoms with Crippen molar-refractivity contribution in [3.8, 4) is 17.2 Å². The number of amides is 1. The third kappa shape index (κ3) is 2.38. The summed E-state index contributed by atoms with van der Waals surface area (Å²) >= 11 is 0. The number of rotatable bonds is 1. The highest BCUT2D eigenvalue weighted by Gasteiger charge is 2.19. The van der Waals surface area contributed by atoms with E-state index in [0.29, 0.717) is 11.1 Å². The average molecular weight is 311 g/mol. The summed E-state index contributed by atoms with van der Waals surface area (Å²) in [5.41, 5.74) is 5.59. The normalized spacial score (nSPS) is 12.0. The van der Waals surface area contributed by atoms with Gasteiger partial charge < -0.3 is 10.6 Å². The van der Waals surface area contributed by atoms with Crippen LogP contribution in [0.15, 0.2) is 66.7 Å². The minimum atomic E-state index is -0.131. The minimum absolute atomic E-state index is 0.131. The molecule has 0 atom stereocenters. The maximum Gasteiger partial charge on any atom is 0.257 e. The summed E-state index contributed by atoms with van der Waals surface area (Å²) in [6.07, 6.45) is 0. The molecule has 1 amide bonds. The van der Waals surface area contributed by atoms with Crippen molar-refractivity contribution in [2.45, 2.75) is 0 Å². The Morgan fingerprint density at radius 2 is 1.42 bits per heavy atom. The van der Waals surface area contributed by atoms with Gasteiger partial charge in [-0.15, -0.1) is 0 Å². The van der Waals surface area contributed by atoms with Crippen molar-refractivity contribution in [2.75, 3.05) is 10.6 Å². The van der Waals surface area contributed by atoms with Gasteiger partial charge in [0, 0.05) is 0 Å². The molecule has 0 unspecified atom stereocenters. The van der Waals surface area contributed by atoms with E-state index in [1.54, 1.807) is 12.1 Å². The van der Waals surface area contributed by atoms with E-state index < -0.39 is 0 Å². The summed E-state index contributed by atoms with van der Waals surface area (Å²) in [4.78, 5) is 12.4. The number of nitrogens with zero attached hydrogens (tertiary/aromatic N) is 1. The highest BCUT2D eigenvalue weighted by molar-refractivity contribution is 6.12. The van der Waals surface area contributed by atoms with Gasteiger partial charge in [0.25, 0.3) is 5.91 Å². The fraction of sp³-hybridized carbons (Fsp3) is 0. The van der Waals surface area contributed by atoms with Gasteiger partial charge in [-0.2, -0.15) is 5.26 Å². The Morgan fingerprint density at radius 3 is 2.12 bits per heavy atom. The Labute approximate surface area is 139 Å². The van der Waals surface area contributed by atoms with Crippen molar-refractivity contribution in [3.63, 3.8) is 0 Å². The predicted molar refractivity (Wildman–Crippen MR) is 94.3 cm³/mol. The molecule has 0 saturated carbocycles. The summed E-state index contributed by atoms with van der Waals surface area (Å²) in [5, 5.41) is 15.2. The lowest BCUT2D eigenvalue weighted by molar-refractivity contribution is 0.102. The smallest absolute Gasteiger partial charge is 0.257 e. The summed E-state index contributed by atoms with van der Waals surface area (Å²) in [6, 6.07) is 22.8. The largest absolute Gasteiger partial charge is 0.353 e. The molecular formula is C20H13N3O. The summed E-state index contributed by atoms with van der Waals surface area (Å²) < 4.78 is 0. The number of carbonyl (C=O) groups is 1. The first-order chi connectivity index (χ1) is 11.7. The first-order valence-electron chi connectivity index (χ1n) is 7.56. The molecule has 0 aliphatic carbocycles. The van der Waals surface area contributed by atoms with Crippen LogP contribution in [-0.4, -0.2) is 5.91 Å². The Balaban J connectivity index is 1.79. The lowest BCUT2D eigenvalue weighted by Crippen LogP contribution is -2.10. The van der Waals surface area contributed by atoms with Gasteiger partial charge in [0.15, 0.2) is 0 Å². The van der Waals surface area contributed by atoms with Crippen molar-refractivity contribution in [3.05, 3.63) is 77.9 Å². The van der Waals surface area contributed by atoms with E-state index in [9.17, 15) is 4.79 Å². The molecule has 0 bridgehead atoms. The van der Waals surface area contributed by atoms with Crippen molar-refractivity contribution < 1.29 is 4.79 Å². The van der Waals surface area contributed by atoms with E-state index >= 15 is 0 Å². The van der Waals surface area contributed by atoms with E-state index in [2.05, 4.69) is 16.7 Å². The lowest BCUT2D eigenvalue weighted by Gasteiger charge is -2.10. The molecule has 4 rings (SSSR count). The number of fused-ring (bicyclic) bond motifs is 2. The van der Waals surface area contributed by atoms with E-state index in [0.717, 1.165) is 28.2 Å². The standard InChI is InChI=1S/C20H13N3O/c21-12-13-5-7-14(8-6-13)15-9-10-16-19(11-15)22-17-3-1-2-4-18(17)23-20(16)24/h1-11,22H,(H,23,24). The van der Waals surface area contributed by atoms with Crippen LogP contribution in [0.3, 0.4) is 0 Å². The van der Waals surface area contributed by atoms with Gasteiger partial charge in [0.2, 0.25) is 0 Å². The average Bonchev–Trinajstić information content (AvgIpc) is 2.77. The van der Waals surface area contributed by atoms with Gasteiger partial charge in [0.05, 0.1) is 34.3 Å². The third-order valence-electron chi connectivity index (χ3n) is 4.06. The minimum Gasteiger partial charge on any atom is -0.353 e. The number of benzene rings is 3. The summed E-state index contributed by atoms with van der Waals surface area (Å²) in [7, 11) is 0. The first-order valence-corrected chi connectivity index (χ1v) is 7.56. The SMILES string of the molecule is N#Cc1ccc(-c2ccc3c(c2)Nc2ccccc2NC3=O)cc1. The maximum absolute atomic E-state index is 12.4. The molecule has 4 nitrogen and oxygen atoms in total. The number of para-hydroxylation sites is 2. The van der Waals surface area contributed by atoms with Crippen LogP contribution in [0.25, 0.3) is 11.1 Å². The first kappa shape index (κ1) is 14.0. The Morgan fingerprint density at radius 1 is 0.750 bits per heavy atom. The summed E-state index contributed by atoms with van der Waals surface area (Å²) in [6.45, 7) is 0. The predicted octanol–water partition coefficient (Wildman–Crippen LogP) is 4.53. The third-order valence-corrected chi connectivity index (χ3v) is 4.06. The topological polar surface area (TPSA) is 64.9 Å². The Hall–Kier alpha value is -3.58. The van der Waals surface area contributed by atoms with Gasteiger partial charge in [-0.1, -0.05) is 30.3 Å². The number of hydrogen-bond donors (Lipinski definition) is 2. The van der Waals surface area contributed by atoms with Gasteiger partial charge in [-0.05, 0) is 47.5 Å². The van der Waals surface area contributed by atoms with E-state index in [-0.39, 0.29) is 5.91 Å². The monoisotopic (exact) mass is 311 g/mol. The van der Waals surface area contributed by atoms with Crippen LogP contribution in [0.5, 0.6) is 0 Å². The molecule has 2 N–H and O–H groups in total. The lowest BCUT2D eigenvalue weighted by atomic mass is 10.0. The fourth-order valence-corrected chi connectivity index (χ4v) is 2.80. The molecule has 0 aromatic heterocycles. The van der Waals surface area contributed by atoms with Crippen molar-refractivity contribution in [1.82, 2.24) is 0 Å². The number of nitriles is 1. The highest BCUT2D eigenvalue weighted by Crippen LogP contribution is 2.34. The van der Waals surface area contributed by atoms with Crippen LogP contribution < -0.4 is 10.6 Å². The molecule has 0 spiro atoms. The molecule has 3 aromatic rings. The second-order valence-corrected chi connectivity index (χ2v) is 5.57. The van der Waals surface area contributed by atoms with Gasteiger partial charge in [-0.25, -0.2) is 0 Å². The van der Waals surface area contributed by atoms with Crippen LogP contribution in [0, 0.1) is 11.3 Å². The molecule has 0 fully saturated rings. The molecule has 4 heteroatoms. The van der Waals surface area contributed by atoms with Crippen LogP contribution in [0.4, 0.5) is 17.1 Å². The van der Waals surface area contributed by atoms with E-state index in [4.69, 9.17) is 5.26 Å². The molecule has 1 aliphatic rings. The maximum atomic E-state index is 12.4. The molecule has 114 valence electrons. The zero-order valence-corrected chi connectivity index (χ0v) is 12.7. The number of hydrogen-bond acceptors (Lipinski definition) is 3. The molecular weight excluding hydrogens is 298 g/mol. The van der Waals surface area contributed by atoms with Gasteiger partial charge >= 0.3 is 0 Å². The second kappa shape index (κ2) is 5.56. The quantitative estimate of drug-likeness (QED) is 0.693. The van der Waals surface area contributed by atoms with Crippen molar-refractivity contribution in [2.24, 2.45) is 0 Å². The van der Waals surface area contributed by atoms with Crippen molar-refractivity contribution >= 4 is 23.0 Å². The van der Waals surface area contributed by atoms with Crippen molar-refractivity contribution in [1.29, 1.82) is 5.26 Å². The van der Waals surface area contributed by atoms with Crippen LogP contribution in [-0.2, 0) is 0 Å². The number of anilines is 3. The molecule has 3 aromatic carbocycles. The highest BCUT2D eigenvalue weighted by atomic mass is 16.1. The van der Waals surface area contributed by atoms with Gasteiger partial charge in [-0.3, -0.25) is 4.79 Å². The zero-order chi connectivity index (χ0) is 16.5. The second-order valence-electron chi connectivity index (χ2n) is 5.57. The molecule has 24 heavy (non-hydrogen) atoms. The number of carbonyl (C=O) groups excluding carboxylic acids is 1. The van der Waals surface area contributed by atoms with Gasteiger partial charge in [0.1, 0.15) is 0 Å².